The summed E-state index contributed by atoms with van der Waals surface area (Å²) in [6.45, 7) is 0. The molecule has 3 heteroatoms. The molecule has 2 N–H and O–H groups in total. The zero-order chi connectivity index (χ0) is 10.4. The topological polar surface area (TPSA) is 57.5 Å². The van der Waals surface area contributed by atoms with Crippen LogP contribution in [0.25, 0.3) is 6.08 Å². The van der Waals surface area contributed by atoms with E-state index in [0.717, 1.165) is 5.56 Å². The number of rotatable bonds is 4. The molecular weight excluding hydrogens is 180 g/mol. The van der Waals surface area contributed by atoms with Crippen LogP contribution in [0.4, 0.5) is 0 Å². The van der Waals surface area contributed by atoms with Crippen LogP contribution in [0.1, 0.15) is 18.4 Å². The third-order valence-corrected chi connectivity index (χ3v) is 1.73. The highest BCUT2D eigenvalue weighted by Crippen LogP contribution is 2.11. The van der Waals surface area contributed by atoms with Gasteiger partial charge in [0.25, 0.3) is 0 Å². The minimum atomic E-state index is -0.791. The number of aromatic hydroxyl groups is 1. The van der Waals surface area contributed by atoms with Gasteiger partial charge in [-0.3, -0.25) is 4.79 Å². The molecule has 0 aliphatic heterocycles. The zero-order valence-electron chi connectivity index (χ0n) is 7.68. The van der Waals surface area contributed by atoms with Gasteiger partial charge in [0.1, 0.15) is 5.75 Å². The normalized spacial score (nSPS) is 10.6. The Labute approximate surface area is 82.3 Å². The maximum atomic E-state index is 10.2. The van der Waals surface area contributed by atoms with E-state index >= 15 is 0 Å². The van der Waals surface area contributed by atoms with Crippen molar-refractivity contribution in [3.63, 3.8) is 0 Å². The first-order valence-electron chi connectivity index (χ1n) is 4.36. The molecule has 0 spiro atoms. The van der Waals surface area contributed by atoms with Crippen molar-refractivity contribution in [2.45, 2.75) is 12.8 Å². The van der Waals surface area contributed by atoms with Crippen LogP contribution in [-0.4, -0.2) is 16.2 Å². The molecule has 1 rings (SSSR count). The summed E-state index contributed by atoms with van der Waals surface area (Å²) >= 11 is 0. The maximum Gasteiger partial charge on any atom is 0.303 e. The van der Waals surface area contributed by atoms with Crippen molar-refractivity contribution in [1.29, 1.82) is 0 Å². The molecule has 0 heterocycles. The Morgan fingerprint density at radius 2 is 1.93 bits per heavy atom. The number of allylic oxidation sites excluding steroid dienone is 1. The van der Waals surface area contributed by atoms with Crippen LogP contribution in [0, 0.1) is 0 Å². The Morgan fingerprint density at radius 1 is 1.29 bits per heavy atom. The second-order valence-electron chi connectivity index (χ2n) is 2.93. The number of hydrogen-bond donors (Lipinski definition) is 2. The van der Waals surface area contributed by atoms with Gasteiger partial charge >= 0.3 is 5.97 Å². The molecule has 1 aromatic rings. The number of carboxylic acids is 1. The largest absolute Gasteiger partial charge is 0.508 e. The second kappa shape index (κ2) is 5.07. The highest BCUT2D eigenvalue weighted by atomic mass is 16.4. The molecule has 0 saturated carbocycles. The fourth-order valence-corrected chi connectivity index (χ4v) is 1.01. The van der Waals surface area contributed by atoms with Crippen molar-refractivity contribution >= 4 is 12.0 Å². The van der Waals surface area contributed by atoms with E-state index in [1.54, 1.807) is 30.3 Å². The van der Waals surface area contributed by atoms with E-state index in [1.807, 2.05) is 6.08 Å². The first-order chi connectivity index (χ1) is 6.68. The highest BCUT2D eigenvalue weighted by Gasteiger charge is 1.92. The number of phenols is 1. The minimum absolute atomic E-state index is 0.147. The lowest BCUT2D eigenvalue weighted by Crippen LogP contribution is -1.91. The molecule has 74 valence electrons. The van der Waals surface area contributed by atoms with E-state index in [2.05, 4.69) is 0 Å². The van der Waals surface area contributed by atoms with Crippen LogP contribution < -0.4 is 0 Å². The standard InChI is InChI=1S/C11H12O3/c12-10-7-5-9(6-8-10)3-1-2-4-11(13)14/h1,3,5-8,12H,2,4H2,(H,13,14). The lowest BCUT2D eigenvalue weighted by molar-refractivity contribution is -0.136. The van der Waals surface area contributed by atoms with Gasteiger partial charge in [0, 0.05) is 6.42 Å². The van der Waals surface area contributed by atoms with Gasteiger partial charge in [-0.25, -0.2) is 0 Å². The Balaban J connectivity index is 2.44. The van der Waals surface area contributed by atoms with E-state index in [4.69, 9.17) is 10.2 Å². The van der Waals surface area contributed by atoms with E-state index in [1.165, 1.54) is 0 Å². The van der Waals surface area contributed by atoms with Gasteiger partial charge in [0.2, 0.25) is 0 Å². The molecule has 0 unspecified atom stereocenters. The Kier molecular flexibility index (Phi) is 3.73. The number of carboxylic acid groups (broad SMARTS) is 1. The van der Waals surface area contributed by atoms with Crippen LogP contribution in [0.5, 0.6) is 5.75 Å². The number of carbonyl (C=O) groups is 1. The molecule has 1 aromatic carbocycles. The minimum Gasteiger partial charge on any atom is -0.508 e. The van der Waals surface area contributed by atoms with E-state index < -0.39 is 5.97 Å². The molecule has 0 aliphatic carbocycles. The van der Waals surface area contributed by atoms with Crippen LogP contribution >= 0.6 is 0 Å². The lowest BCUT2D eigenvalue weighted by Gasteiger charge is -1.93. The van der Waals surface area contributed by atoms with Crippen molar-refractivity contribution < 1.29 is 15.0 Å². The predicted octanol–water partition coefficient (Wildman–Crippen LogP) is 2.27. The average Bonchev–Trinajstić information content (AvgIpc) is 2.15. The molecule has 0 radical (unpaired) electrons. The number of aliphatic carboxylic acids is 1. The van der Waals surface area contributed by atoms with Crippen LogP contribution in [-0.2, 0) is 4.79 Å². The summed E-state index contributed by atoms with van der Waals surface area (Å²) in [6.07, 6.45) is 4.31. The molecule has 0 atom stereocenters. The fourth-order valence-electron chi connectivity index (χ4n) is 1.01. The zero-order valence-corrected chi connectivity index (χ0v) is 7.68. The van der Waals surface area contributed by atoms with Crippen LogP contribution in [0.3, 0.4) is 0 Å². The molecular formula is C11H12O3. The smallest absolute Gasteiger partial charge is 0.303 e. The highest BCUT2D eigenvalue weighted by molar-refractivity contribution is 5.67. The van der Waals surface area contributed by atoms with Gasteiger partial charge < -0.3 is 10.2 Å². The summed E-state index contributed by atoms with van der Waals surface area (Å²) in [5.41, 5.74) is 0.952. The summed E-state index contributed by atoms with van der Waals surface area (Å²) in [7, 11) is 0. The third kappa shape index (κ3) is 3.76. The summed E-state index contributed by atoms with van der Waals surface area (Å²) in [5, 5.41) is 17.4. The van der Waals surface area contributed by atoms with Crippen molar-refractivity contribution in [2.75, 3.05) is 0 Å². The number of benzene rings is 1. The molecule has 0 bridgehead atoms. The van der Waals surface area contributed by atoms with E-state index in [9.17, 15) is 4.79 Å². The SMILES string of the molecule is O=C(O)CCC=Cc1ccc(O)cc1. The Morgan fingerprint density at radius 3 is 2.50 bits per heavy atom. The average molecular weight is 192 g/mol. The van der Waals surface area contributed by atoms with Crippen molar-refractivity contribution in [1.82, 2.24) is 0 Å². The van der Waals surface area contributed by atoms with E-state index in [0.29, 0.717) is 6.42 Å². The van der Waals surface area contributed by atoms with Gasteiger partial charge in [-0.05, 0) is 24.1 Å². The van der Waals surface area contributed by atoms with Crippen LogP contribution in [0.15, 0.2) is 30.3 Å². The van der Waals surface area contributed by atoms with Crippen LogP contribution in [0.2, 0.25) is 0 Å². The van der Waals surface area contributed by atoms with Gasteiger partial charge in [-0.1, -0.05) is 24.3 Å². The van der Waals surface area contributed by atoms with Gasteiger partial charge in [-0.15, -0.1) is 0 Å². The monoisotopic (exact) mass is 192 g/mol. The molecule has 0 fully saturated rings. The Hall–Kier alpha value is -1.77. The summed E-state index contributed by atoms with van der Waals surface area (Å²) in [4.78, 5) is 10.2. The Bertz CT molecular complexity index is 325. The van der Waals surface area contributed by atoms with Gasteiger partial charge in [0.15, 0.2) is 0 Å². The summed E-state index contributed by atoms with van der Waals surface area (Å²) in [6, 6.07) is 6.73. The third-order valence-electron chi connectivity index (χ3n) is 1.73. The quantitative estimate of drug-likeness (QED) is 0.769. The maximum absolute atomic E-state index is 10.2. The molecule has 0 saturated heterocycles. The number of hydrogen-bond acceptors (Lipinski definition) is 2. The molecule has 0 amide bonds. The summed E-state index contributed by atoms with van der Waals surface area (Å²) < 4.78 is 0. The molecule has 0 aromatic heterocycles. The van der Waals surface area contributed by atoms with Gasteiger partial charge in [0.05, 0.1) is 0 Å². The van der Waals surface area contributed by atoms with Crippen molar-refractivity contribution in [3.05, 3.63) is 35.9 Å². The predicted molar refractivity (Wildman–Crippen MR) is 54.0 cm³/mol. The first kappa shape index (κ1) is 10.3. The first-order valence-corrected chi connectivity index (χ1v) is 4.36. The fraction of sp³-hybridized carbons (Fsp3) is 0.182. The number of phenolic OH excluding ortho intramolecular Hbond substituents is 1. The second-order valence-corrected chi connectivity index (χ2v) is 2.93. The lowest BCUT2D eigenvalue weighted by atomic mass is 10.2. The molecule has 14 heavy (non-hydrogen) atoms. The van der Waals surface area contributed by atoms with Crippen molar-refractivity contribution in [3.8, 4) is 5.75 Å². The molecule has 3 nitrogen and oxygen atoms in total. The molecule has 0 aliphatic rings. The van der Waals surface area contributed by atoms with E-state index in [-0.39, 0.29) is 12.2 Å². The summed E-state index contributed by atoms with van der Waals surface area (Å²) in [5.74, 6) is -0.562. The van der Waals surface area contributed by atoms with Crippen molar-refractivity contribution in [2.24, 2.45) is 0 Å². The van der Waals surface area contributed by atoms with Gasteiger partial charge in [-0.2, -0.15) is 0 Å².